The van der Waals surface area contributed by atoms with Gasteiger partial charge in [0.1, 0.15) is 0 Å². The van der Waals surface area contributed by atoms with Crippen molar-refractivity contribution in [3.63, 3.8) is 0 Å². The maximum absolute atomic E-state index is 6.28. The van der Waals surface area contributed by atoms with Crippen LogP contribution < -0.4 is 0 Å². The molecule has 2 aromatic heterocycles. The van der Waals surface area contributed by atoms with Gasteiger partial charge in [0.15, 0.2) is 0 Å². The third-order valence-electron chi connectivity index (χ3n) is 18.4. The lowest BCUT2D eigenvalue weighted by molar-refractivity contribution is 1.39. The molecule has 1 aliphatic carbocycles. The van der Waals surface area contributed by atoms with Crippen molar-refractivity contribution in [1.82, 2.24) is 19.9 Å². The second-order valence-electron chi connectivity index (χ2n) is 24.4. The van der Waals surface area contributed by atoms with Crippen LogP contribution in [0.1, 0.15) is 22.3 Å². The van der Waals surface area contributed by atoms with Gasteiger partial charge in [-0.05, 0) is 318 Å². The predicted molar refractivity (Wildman–Crippen MR) is 417 cm³/mol. The third-order valence-corrected chi connectivity index (χ3v) is 25.8. The molecule has 0 unspecified atom stereocenters. The summed E-state index contributed by atoms with van der Waals surface area (Å²) >= 11 is 31.4. The lowest BCUT2D eigenvalue weighted by atomic mass is 9.91. The number of aromatic nitrogens is 4. The molecule has 0 atom stereocenters. The van der Waals surface area contributed by atoms with Gasteiger partial charge in [0, 0.05) is 102 Å². The van der Waals surface area contributed by atoms with Crippen molar-refractivity contribution >= 4 is 214 Å². The average molecular weight is 1700 g/mol. The molecule has 14 aromatic rings. The Kier molecular flexibility index (Phi) is 14.4. The van der Waals surface area contributed by atoms with Crippen molar-refractivity contribution in [3.8, 4) is 89.5 Å². The zero-order chi connectivity index (χ0) is 62.9. The Balaban J connectivity index is 1.23. The highest BCUT2D eigenvalue weighted by molar-refractivity contribution is 9.14. The van der Waals surface area contributed by atoms with Crippen LogP contribution in [0.25, 0.3) is 176 Å². The number of rotatable bonds is 4. The molecule has 0 saturated carbocycles. The van der Waals surface area contributed by atoms with Crippen LogP contribution in [0.3, 0.4) is 0 Å². The molecular formula is C80H46Br8N4. The topological polar surface area (TPSA) is 57.4 Å². The van der Waals surface area contributed by atoms with Crippen LogP contribution in [0, 0.1) is 27.7 Å². The number of hydrogen-bond acceptors (Lipinski definition) is 2. The Morgan fingerprint density at radius 1 is 0.228 bits per heavy atom. The lowest BCUT2D eigenvalue weighted by Gasteiger charge is -2.12. The molecule has 2 aliphatic heterocycles. The van der Waals surface area contributed by atoms with Gasteiger partial charge in [-0.3, -0.25) is 0 Å². The molecule has 12 aromatic carbocycles. The number of nitrogens with zero attached hydrogens (tertiary/aromatic N) is 2. The summed E-state index contributed by atoms with van der Waals surface area (Å²) in [5, 5.41) is 12.9. The summed E-state index contributed by atoms with van der Waals surface area (Å²) in [5.74, 6) is 0. The molecule has 0 amide bonds. The van der Waals surface area contributed by atoms with Crippen LogP contribution >= 0.6 is 127 Å². The molecule has 0 saturated heterocycles. The second kappa shape index (κ2) is 22.4. The fourth-order valence-electron chi connectivity index (χ4n) is 13.8. The number of benzene rings is 12. The first kappa shape index (κ1) is 58.9. The van der Waals surface area contributed by atoms with Crippen molar-refractivity contribution in [2.24, 2.45) is 0 Å². The highest BCUT2D eigenvalue weighted by Crippen LogP contribution is 2.55. The standard InChI is InChI=1S/C80H46Br8N4/c1-37-5-13-41(14-6-37)69-73-53-21-45-29-61(81)63(83)31-47(45)23-55(53)75(89-73)70(42-15-7-38(2)8-16-42)77-57-25-49-33-65(85)67(87)35-51(49)27-59(57)79(91-77)72(44-19-11-40(4)12-20-44)80-60-28-52-36-68(88)66(86)34-50(52)26-58(60)78(92-80)71(43-17-9-39(3)10-18-43)76-56-24-48-32-64(84)62(82)30-46(48)22-54(56)74(69)90-76/h5-36,89,92H,1-4H3. The molecule has 442 valence electrons. The molecule has 92 heavy (non-hydrogen) atoms. The van der Waals surface area contributed by atoms with Gasteiger partial charge in [0.05, 0.1) is 44.8 Å². The lowest BCUT2D eigenvalue weighted by Crippen LogP contribution is -1.88. The Labute approximate surface area is 597 Å². The molecule has 3 aliphatic rings. The van der Waals surface area contributed by atoms with E-state index in [1.54, 1.807) is 0 Å². The van der Waals surface area contributed by atoms with Crippen molar-refractivity contribution in [2.45, 2.75) is 27.7 Å². The molecule has 4 heterocycles. The van der Waals surface area contributed by atoms with E-state index in [1.807, 2.05) is 0 Å². The molecule has 0 radical (unpaired) electrons. The summed E-state index contributed by atoms with van der Waals surface area (Å²) in [6.45, 7) is 8.62. The van der Waals surface area contributed by atoms with Crippen LogP contribution in [-0.2, 0) is 0 Å². The van der Waals surface area contributed by atoms with Crippen LogP contribution in [0.4, 0.5) is 0 Å². The summed E-state index contributed by atoms with van der Waals surface area (Å²) in [6.07, 6.45) is 0. The monoisotopic (exact) mass is 1690 g/mol. The van der Waals surface area contributed by atoms with Crippen LogP contribution in [0.5, 0.6) is 0 Å². The van der Waals surface area contributed by atoms with E-state index in [1.165, 1.54) is 0 Å². The van der Waals surface area contributed by atoms with E-state index >= 15 is 0 Å². The number of fused-ring (bicyclic) bond motifs is 4. The Bertz CT molecular complexity index is 5260. The predicted octanol–water partition coefficient (Wildman–Crippen LogP) is 27.9. The van der Waals surface area contributed by atoms with E-state index in [2.05, 4.69) is 359 Å². The minimum atomic E-state index is 0.852. The average Bonchev–Trinajstić information content (AvgIpc) is 1.55. The first-order valence-electron chi connectivity index (χ1n) is 29.9. The molecule has 0 fully saturated rings. The molecule has 8 bridgehead atoms. The zero-order valence-corrected chi connectivity index (χ0v) is 62.1. The van der Waals surface area contributed by atoms with Gasteiger partial charge in [0.25, 0.3) is 0 Å². The summed E-state index contributed by atoms with van der Waals surface area (Å²) in [6, 6.07) is 72.6. The van der Waals surface area contributed by atoms with Gasteiger partial charge < -0.3 is 9.97 Å². The van der Waals surface area contributed by atoms with Crippen LogP contribution in [0.2, 0.25) is 0 Å². The Morgan fingerprint density at radius 3 is 0.587 bits per heavy atom. The van der Waals surface area contributed by atoms with Gasteiger partial charge in [-0.15, -0.1) is 0 Å². The molecule has 4 nitrogen and oxygen atoms in total. The van der Waals surface area contributed by atoms with Crippen LogP contribution in [0.15, 0.2) is 230 Å². The van der Waals surface area contributed by atoms with Crippen molar-refractivity contribution in [3.05, 3.63) is 252 Å². The smallest absolute Gasteiger partial charge is 0.0816 e. The highest BCUT2D eigenvalue weighted by atomic mass is 79.9. The largest absolute Gasteiger partial charge is 0.353 e. The SMILES string of the molecule is Cc1ccc(-c2c3nc(c(-c4ccc(C)cc4)c4[nH]c(c(-c5ccc(C)cc5)c5nc(c(-c6ccc(C)cc6)c6[nH]c2c2cc7cc(Br)c(Br)cc7cc62)-c2cc6cc(Br)c(Br)cc6cc2-5)c2cc5cc(Br)c(Br)cc5cc42)-c2cc4cc(Br)c(Br)cc4cc2-3)cc1. The van der Waals surface area contributed by atoms with Gasteiger partial charge >= 0.3 is 0 Å². The summed E-state index contributed by atoms with van der Waals surface area (Å²) < 4.78 is 7.76. The quantitative estimate of drug-likeness (QED) is 0.184. The maximum Gasteiger partial charge on any atom is 0.0816 e. The number of aromatic amines is 2. The number of H-pyrrole nitrogens is 2. The van der Waals surface area contributed by atoms with E-state index in [0.717, 1.165) is 234 Å². The fraction of sp³-hybridized carbons (Fsp3) is 0.0500. The minimum Gasteiger partial charge on any atom is -0.353 e. The normalized spacial score (nSPS) is 12.1. The maximum atomic E-state index is 6.28. The zero-order valence-electron chi connectivity index (χ0n) is 49.4. The van der Waals surface area contributed by atoms with E-state index in [9.17, 15) is 0 Å². The number of aryl methyl sites for hydroxylation is 4. The van der Waals surface area contributed by atoms with Gasteiger partial charge in [0.2, 0.25) is 0 Å². The first-order chi connectivity index (χ1) is 44.5. The first-order valence-corrected chi connectivity index (χ1v) is 36.3. The summed E-state index contributed by atoms with van der Waals surface area (Å²) in [4.78, 5) is 21.3. The van der Waals surface area contributed by atoms with E-state index < -0.39 is 0 Å². The van der Waals surface area contributed by atoms with Crippen molar-refractivity contribution in [1.29, 1.82) is 0 Å². The van der Waals surface area contributed by atoms with Gasteiger partial charge in [-0.25, -0.2) is 9.97 Å². The summed E-state index contributed by atoms with van der Waals surface area (Å²) in [7, 11) is 0. The molecule has 17 rings (SSSR count). The summed E-state index contributed by atoms with van der Waals surface area (Å²) in [5.41, 5.74) is 23.9. The highest BCUT2D eigenvalue weighted by Gasteiger charge is 2.32. The number of nitrogens with one attached hydrogen (secondary N) is 2. The molecular weight excluding hydrogens is 1660 g/mol. The Morgan fingerprint density at radius 2 is 0.402 bits per heavy atom. The van der Waals surface area contributed by atoms with Gasteiger partial charge in [-0.1, -0.05) is 119 Å². The van der Waals surface area contributed by atoms with E-state index in [4.69, 9.17) is 9.97 Å². The molecule has 2 N–H and O–H groups in total. The fourth-order valence-corrected chi connectivity index (χ4v) is 16.7. The van der Waals surface area contributed by atoms with Crippen molar-refractivity contribution in [2.75, 3.05) is 0 Å². The van der Waals surface area contributed by atoms with Gasteiger partial charge in [-0.2, -0.15) is 0 Å². The molecule has 0 spiro atoms. The third kappa shape index (κ3) is 9.65. The Hall–Kier alpha value is -6.84. The second-order valence-corrected chi connectivity index (χ2v) is 31.2. The number of halogens is 8. The van der Waals surface area contributed by atoms with E-state index in [-0.39, 0.29) is 0 Å². The van der Waals surface area contributed by atoms with Crippen LogP contribution in [-0.4, -0.2) is 19.9 Å². The van der Waals surface area contributed by atoms with E-state index in [0.29, 0.717) is 0 Å². The number of hydrogen-bond donors (Lipinski definition) is 2. The minimum absolute atomic E-state index is 0.852. The van der Waals surface area contributed by atoms with Crippen molar-refractivity contribution < 1.29 is 0 Å². The molecule has 12 heteroatoms.